The molecule has 0 saturated carbocycles. The van der Waals surface area contributed by atoms with Gasteiger partial charge < -0.3 is 9.47 Å². The second-order valence-electron chi connectivity index (χ2n) is 6.30. The molecule has 0 amide bonds. The predicted octanol–water partition coefficient (Wildman–Crippen LogP) is 3.38. The summed E-state index contributed by atoms with van der Waals surface area (Å²) >= 11 is 0. The van der Waals surface area contributed by atoms with Gasteiger partial charge in [-0.2, -0.15) is 0 Å². The first-order valence-corrected chi connectivity index (χ1v) is 8.95. The van der Waals surface area contributed by atoms with E-state index in [1.807, 2.05) is 13.0 Å². The smallest absolute Gasteiger partial charge is 0.331 e. The fourth-order valence-corrected chi connectivity index (χ4v) is 2.54. The molecular formula is C19H27NO6. The van der Waals surface area contributed by atoms with Gasteiger partial charge in [-0.3, -0.25) is 10.1 Å². The van der Waals surface area contributed by atoms with Crippen LogP contribution in [0.4, 0.5) is 0 Å². The molecule has 0 N–H and O–H groups in total. The SMILES string of the molecule is CCCCOC(=O)/C=C\[C@@H](C)OC(=O)/C=C/C1=CCCC(C[N+](=O)[O-])C1. The highest BCUT2D eigenvalue weighted by atomic mass is 16.6. The van der Waals surface area contributed by atoms with E-state index in [-0.39, 0.29) is 17.4 Å². The quantitative estimate of drug-likeness (QED) is 0.194. The van der Waals surface area contributed by atoms with Crippen LogP contribution in [-0.4, -0.2) is 36.1 Å². The van der Waals surface area contributed by atoms with Crippen molar-refractivity contribution in [3.8, 4) is 0 Å². The lowest BCUT2D eigenvalue weighted by molar-refractivity contribution is -0.488. The minimum absolute atomic E-state index is 0.00579. The number of hydrogen-bond acceptors (Lipinski definition) is 6. The third-order valence-electron chi connectivity index (χ3n) is 3.89. The summed E-state index contributed by atoms with van der Waals surface area (Å²) in [6.45, 7) is 3.98. The van der Waals surface area contributed by atoms with Crippen LogP contribution in [0.3, 0.4) is 0 Å². The summed E-state index contributed by atoms with van der Waals surface area (Å²) in [4.78, 5) is 33.5. The van der Waals surface area contributed by atoms with Crippen molar-refractivity contribution in [3.63, 3.8) is 0 Å². The number of carbonyl (C=O) groups is 2. The van der Waals surface area contributed by atoms with E-state index >= 15 is 0 Å². The molecule has 1 aliphatic rings. The molecule has 0 aliphatic heterocycles. The molecule has 26 heavy (non-hydrogen) atoms. The Morgan fingerprint density at radius 2 is 2.15 bits per heavy atom. The van der Waals surface area contributed by atoms with Crippen LogP contribution in [-0.2, 0) is 19.1 Å². The second-order valence-corrected chi connectivity index (χ2v) is 6.30. The van der Waals surface area contributed by atoms with Crippen molar-refractivity contribution in [1.82, 2.24) is 0 Å². The van der Waals surface area contributed by atoms with Crippen molar-refractivity contribution in [2.24, 2.45) is 5.92 Å². The Balaban J connectivity index is 2.38. The lowest BCUT2D eigenvalue weighted by Crippen LogP contribution is -2.17. The van der Waals surface area contributed by atoms with Gasteiger partial charge in [-0.15, -0.1) is 0 Å². The number of nitrogens with zero attached hydrogens (tertiary/aromatic N) is 1. The van der Waals surface area contributed by atoms with Crippen LogP contribution in [0, 0.1) is 16.0 Å². The monoisotopic (exact) mass is 365 g/mol. The van der Waals surface area contributed by atoms with E-state index < -0.39 is 18.0 Å². The van der Waals surface area contributed by atoms with Gasteiger partial charge in [0.05, 0.1) is 6.61 Å². The summed E-state index contributed by atoms with van der Waals surface area (Å²) in [5.74, 6) is -0.980. The molecule has 0 radical (unpaired) electrons. The third-order valence-corrected chi connectivity index (χ3v) is 3.89. The van der Waals surface area contributed by atoms with Crippen molar-refractivity contribution < 1.29 is 24.0 Å². The zero-order chi connectivity index (χ0) is 19.4. The lowest BCUT2D eigenvalue weighted by Gasteiger charge is -2.17. The van der Waals surface area contributed by atoms with E-state index in [0.717, 1.165) is 31.3 Å². The number of esters is 2. The van der Waals surface area contributed by atoms with E-state index in [1.54, 1.807) is 13.0 Å². The largest absolute Gasteiger partial charge is 0.463 e. The Bertz CT molecular complexity index is 579. The van der Waals surface area contributed by atoms with Crippen LogP contribution in [0.5, 0.6) is 0 Å². The maximum atomic E-state index is 11.8. The normalized spacial score (nSPS) is 18.5. The van der Waals surface area contributed by atoms with Crippen molar-refractivity contribution in [2.45, 2.75) is 52.1 Å². The van der Waals surface area contributed by atoms with E-state index in [2.05, 4.69) is 0 Å². The first kappa shape index (κ1) is 21.6. The van der Waals surface area contributed by atoms with Gasteiger partial charge >= 0.3 is 11.9 Å². The first-order valence-electron chi connectivity index (χ1n) is 8.95. The van der Waals surface area contributed by atoms with Crippen LogP contribution in [0.25, 0.3) is 0 Å². The van der Waals surface area contributed by atoms with Gasteiger partial charge in [-0.25, -0.2) is 9.59 Å². The number of unbranched alkanes of at least 4 members (excludes halogenated alkanes) is 1. The molecule has 2 atom stereocenters. The zero-order valence-corrected chi connectivity index (χ0v) is 15.4. The molecular weight excluding hydrogens is 338 g/mol. The molecule has 0 aromatic heterocycles. The summed E-state index contributed by atoms with van der Waals surface area (Å²) in [5.41, 5.74) is 0.905. The van der Waals surface area contributed by atoms with Gasteiger partial charge in [0.25, 0.3) is 0 Å². The number of nitro groups is 1. The number of carbonyl (C=O) groups excluding carboxylic acids is 2. The van der Waals surface area contributed by atoms with Gasteiger partial charge in [0, 0.05) is 23.0 Å². The summed E-state index contributed by atoms with van der Waals surface area (Å²) in [6.07, 6.45) is 11.0. The topological polar surface area (TPSA) is 95.7 Å². The van der Waals surface area contributed by atoms with Gasteiger partial charge in [0.2, 0.25) is 6.54 Å². The molecule has 0 spiro atoms. The fourth-order valence-electron chi connectivity index (χ4n) is 2.54. The minimum atomic E-state index is -0.562. The predicted molar refractivity (Wildman–Crippen MR) is 97.0 cm³/mol. The Labute approximate surface area is 153 Å². The standard InChI is InChI=1S/C19H27NO6/c1-3-4-12-25-18(21)10-8-15(2)26-19(22)11-9-16-6-5-7-17(13-16)14-20(23)24/h6,8-11,15,17H,3-5,7,12-14H2,1-2H3/b10-8-,11-9+/t15-,17?/m1/s1. The summed E-state index contributed by atoms with van der Waals surface area (Å²) in [5, 5.41) is 10.6. The average Bonchev–Trinajstić information content (AvgIpc) is 2.58. The molecule has 0 heterocycles. The van der Waals surface area contributed by atoms with Crippen LogP contribution >= 0.6 is 0 Å². The van der Waals surface area contributed by atoms with Crippen LogP contribution < -0.4 is 0 Å². The molecule has 0 aromatic rings. The number of ether oxygens (including phenoxy) is 2. The number of hydrogen-bond donors (Lipinski definition) is 0. The molecule has 7 nitrogen and oxygen atoms in total. The van der Waals surface area contributed by atoms with E-state index in [9.17, 15) is 19.7 Å². The highest BCUT2D eigenvalue weighted by Crippen LogP contribution is 2.25. The van der Waals surface area contributed by atoms with E-state index in [1.165, 1.54) is 18.2 Å². The molecule has 1 aliphatic carbocycles. The average molecular weight is 365 g/mol. The molecule has 1 unspecified atom stereocenters. The van der Waals surface area contributed by atoms with Gasteiger partial charge in [0.15, 0.2) is 0 Å². The van der Waals surface area contributed by atoms with Crippen molar-refractivity contribution in [2.75, 3.05) is 13.2 Å². The maximum absolute atomic E-state index is 11.8. The lowest BCUT2D eigenvalue weighted by atomic mass is 9.89. The summed E-state index contributed by atoms with van der Waals surface area (Å²) in [7, 11) is 0. The maximum Gasteiger partial charge on any atom is 0.331 e. The second kappa shape index (κ2) is 12.0. The summed E-state index contributed by atoms with van der Waals surface area (Å²) < 4.78 is 10.1. The molecule has 0 bridgehead atoms. The zero-order valence-electron chi connectivity index (χ0n) is 15.4. The Morgan fingerprint density at radius 3 is 2.85 bits per heavy atom. The highest BCUT2D eigenvalue weighted by Gasteiger charge is 2.19. The number of rotatable bonds is 10. The van der Waals surface area contributed by atoms with Crippen molar-refractivity contribution in [1.29, 1.82) is 0 Å². The van der Waals surface area contributed by atoms with E-state index in [4.69, 9.17) is 9.47 Å². The fraction of sp³-hybridized carbons (Fsp3) is 0.579. The molecule has 7 heteroatoms. The number of allylic oxidation sites excluding steroid dienone is 3. The highest BCUT2D eigenvalue weighted by molar-refractivity contribution is 5.83. The van der Waals surface area contributed by atoms with E-state index in [0.29, 0.717) is 13.0 Å². The van der Waals surface area contributed by atoms with Gasteiger partial charge in [-0.05, 0) is 38.7 Å². The van der Waals surface area contributed by atoms with Crippen LogP contribution in [0.2, 0.25) is 0 Å². The van der Waals surface area contributed by atoms with Crippen molar-refractivity contribution in [3.05, 3.63) is 46.1 Å². The van der Waals surface area contributed by atoms with Crippen LogP contribution in [0.15, 0.2) is 36.0 Å². The molecule has 1 rings (SSSR count). The van der Waals surface area contributed by atoms with Crippen LogP contribution in [0.1, 0.15) is 46.0 Å². The van der Waals surface area contributed by atoms with Gasteiger partial charge in [0.1, 0.15) is 6.10 Å². The molecule has 0 aromatic carbocycles. The third kappa shape index (κ3) is 9.76. The molecule has 0 fully saturated rings. The molecule has 144 valence electrons. The van der Waals surface area contributed by atoms with Crippen molar-refractivity contribution >= 4 is 11.9 Å². The first-order chi connectivity index (χ1) is 12.4. The Kier molecular flexibility index (Phi) is 9.97. The minimum Gasteiger partial charge on any atom is -0.463 e. The Morgan fingerprint density at radius 1 is 1.38 bits per heavy atom. The Hall–Kier alpha value is -2.44. The summed E-state index contributed by atoms with van der Waals surface area (Å²) in [6, 6.07) is 0. The molecule has 0 saturated heterocycles. The van der Waals surface area contributed by atoms with Gasteiger partial charge in [-0.1, -0.05) is 31.1 Å².